The Kier molecular flexibility index (Phi) is 5.86. The molecule has 0 bridgehead atoms. The van der Waals surface area contributed by atoms with Crippen molar-refractivity contribution in [2.24, 2.45) is 5.92 Å². The normalized spacial score (nSPS) is 11.1. The van der Waals surface area contributed by atoms with E-state index in [-0.39, 0.29) is 17.7 Å². The van der Waals surface area contributed by atoms with Crippen LogP contribution in [0.5, 0.6) is 5.75 Å². The van der Waals surface area contributed by atoms with Gasteiger partial charge >= 0.3 is 0 Å². The Morgan fingerprint density at radius 1 is 1.30 bits per heavy atom. The zero-order valence-corrected chi connectivity index (χ0v) is 12.9. The van der Waals surface area contributed by atoms with E-state index in [1.165, 1.54) is 6.07 Å². The lowest BCUT2D eigenvalue weighted by atomic mass is 10.0. The number of carbonyl (C=O) groups excluding carboxylic acids is 1. The molecule has 0 spiro atoms. The van der Waals surface area contributed by atoms with Crippen molar-refractivity contribution in [3.8, 4) is 5.75 Å². The smallest absolute Gasteiger partial charge is 0.254 e. The van der Waals surface area contributed by atoms with Crippen LogP contribution in [-0.2, 0) is 0 Å². The highest BCUT2D eigenvalue weighted by atomic mass is 16.3. The maximum atomic E-state index is 12.7. The standard InChI is InChI=1S/C16H26N2O2/c1-5-13(6-2)18(10-11(3)4)16(20)12-7-8-14(17)15(19)9-12/h7-9,11,13,19H,5-6,10,17H2,1-4H3. The van der Waals surface area contributed by atoms with Crippen LogP contribution in [0.25, 0.3) is 0 Å². The van der Waals surface area contributed by atoms with E-state index in [2.05, 4.69) is 27.7 Å². The number of nitrogens with two attached hydrogens (primary N) is 1. The first kappa shape index (κ1) is 16.3. The summed E-state index contributed by atoms with van der Waals surface area (Å²) in [5.41, 5.74) is 6.36. The van der Waals surface area contributed by atoms with Gasteiger partial charge in [0.25, 0.3) is 5.91 Å². The predicted molar refractivity (Wildman–Crippen MR) is 82.8 cm³/mol. The van der Waals surface area contributed by atoms with Crippen molar-refractivity contribution in [2.75, 3.05) is 12.3 Å². The number of hydrogen-bond donors (Lipinski definition) is 2. The second-order valence-corrected chi connectivity index (χ2v) is 5.60. The molecule has 0 saturated carbocycles. The third-order valence-corrected chi connectivity index (χ3v) is 3.48. The minimum absolute atomic E-state index is 0.0371. The van der Waals surface area contributed by atoms with E-state index in [0.717, 1.165) is 19.4 Å². The number of benzene rings is 1. The average molecular weight is 278 g/mol. The second kappa shape index (κ2) is 7.17. The number of phenols is 1. The lowest BCUT2D eigenvalue weighted by molar-refractivity contribution is 0.0640. The molecule has 0 radical (unpaired) electrons. The topological polar surface area (TPSA) is 66.6 Å². The van der Waals surface area contributed by atoms with Gasteiger partial charge in [0.05, 0.1) is 5.69 Å². The summed E-state index contributed by atoms with van der Waals surface area (Å²) in [6.45, 7) is 9.10. The number of nitrogen functional groups attached to an aromatic ring is 1. The van der Waals surface area contributed by atoms with Gasteiger partial charge in [0.2, 0.25) is 0 Å². The molecule has 0 aliphatic heterocycles. The molecular formula is C16H26N2O2. The Morgan fingerprint density at radius 3 is 2.35 bits per heavy atom. The highest BCUT2D eigenvalue weighted by molar-refractivity contribution is 5.95. The van der Waals surface area contributed by atoms with Crippen molar-refractivity contribution in [3.05, 3.63) is 23.8 Å². The molecular weight excluding hydrogens is 252 g/mol. The van der Waals surface area contributed by atoms with Gasteiger partial charge in [-0.15, -0.1) is 0 Å². The lowest BCUT2D eigenvalue weighted by Gasteiger charge is -2.32. The number of nitrogens with zero attached hydrogens (tertiary/aromatic N) is 1. The fourth-order valence-electron chi connectivity index (χ4n) is 2.36. The van der Waals surface area contributed by atoms with Gasteiger partial charge in [-0.3, -0.25) is 4.79 Å². The molecule has 0 fully saturated rings. The highest BCUT2D eigenvalue weighted by Crippen LogP contribution is 2.23. The minimum Gasteiger partial charge on any atom is -0.506 e. The number of amides is 1. The molecule has 3 N–H and O–H groups in total. The summed E-state index contributed by atoms with van der Waals surface area (Å²) in [5, 5.41) is 9.67. The lowest BCUT2D eigenvalue weighted by Crippen LogP contribution is -2.42. The fourth-order valence-corrected chi connectivity index (χ4v) is 2.36. The van der Waals surface area contributed by atoms with Crippen LogP contribution in [0.2, 0.25) is 0 Å². The summed E-state index contributed by atoms with van der Waals surface area (Å²) in [7, 11) is 0. The molecule has 112 valence electrons. The van der Waals surface area contributed by atoms with Gasteiger partial charge in [0.1, 0.15) is 5.75 Å². The number of carbonyl (C=O) groups is 1. The molecule has 0 aliphatic rings. The number of hydrogen-bond acceptors (Lipinski definition) is 3. The molecule has 1 amide bonds. The number of phenolic OH excluding ortho intramolecular Hbond substituents is 1. The van der Waals surface area contributed by atoms with Crippen molar-refractivity contribution in [1.82, 2.24) is 4.90 Å². The molecule has 0 heterocycles. The van der Waals surface area contributed by atoms with Crippen LogP contribution in [0.1, 0.15) is 50.9 Å². The summed E-state index contributed by atoms with van der Waals surface area (Å²) in [4.78, 5) is 14.6. The fraction of sp³-hybridized carbons (Fsp3) is 0.562. The van der Waals surface area contributed by atoms with Crippen LogP contribution < -0.4 is 5.73 Å². The van der Waals surface area contributed by atoms with E-state index < -0.39 is 0 Å². The first-order chi connectivity index (χ1) is 9.40. The number of aromatic hydroxyl groups is 1. The van der Waals surface area contributed by atoms with Crippen LogP contribution in [0.15, 0.2) is 18.2 Å². The van der Waals surface area contributed by atoms with Gasteiger partial charge in [-0.25, -0.2) is 0 Å². The summed E-state index contributed by atoms with van der Waals surface area (Å²) in [6, 6.07) is 4.92. The van der Waals surface area contributed by atoms with E-state index in [4.69, 9.17) is 5.73 Å². The summed E-state index contributed by atoms with van der Waals surface area (Å²) < 4.78 is 0. The van der Waals surface area contributed by atoms with E-state index in [9.17, 15) is 9.90 Å². The molecule has 1 aromatic carbocycles. The minimum atomic E-state index is -0.0392. The highest BCUT2D eigenvalue weighted by Gasteiger charge is 2.23. The Balaban J connectivity index is 3.05. The van der Waals surface area contributed by atoms with E-state index in [0.29, 0.717) is 17.2 Å². The maximum Gasteiger partial charge on any atom is 0.254 e. The molecule has 1 rings (SSSR count). The Labute approximate surface area is 121 Å². The van der Waals surface area contributed by atoms with Gasteiger partial charge in [-0.05, 0) is 37.0 Å². The first-order valence-electron chi connectivity index (χ1n) is 7.30. The van der Waals surface area contributed by atoms with Crippen molar-refractivity contribution >= 4 is 11.6 Å². The Morgan fingerprint density at radius 2 is 1.90 bits per heavy atom. The van der Waals surface area contributed by atoms with Crippen molar-refractivity contribution < 1.29 is 9.90 Å². The molecule has 4 heteroatoms. The van der Waals surface area contributed by atoms with Crippen molar-refractivity contribution in [3.63, 3.8) is 0 Å². The monoisotopic (exact) mass is 278 g/mol. The van der Waals surface area contributed by atoms with E-state index >= 15 is 0 Å². The molecule has 0 saturated heterocycles. The van der Waals surface area contributed by atoms with Crippen LogP contribution >= 0.6 is 0 Å². The maximum absolute atomic E-state index is 12.7. The van der Waals surface area contributed by atoms with Crippen LogP contribution in [0.4, 0.5) is 5.69 Å². The zero-order chi connectivity index (χ0) is 15.3. The van der Waals surface area contributed by atoms with E-state index in [1.54, 1.807) is 12.1 Å². The summed E-state index contributed by atoms with van der Waals surface area (Å²) >= 11 is 0. The molecule has 0 atom stereocenters. The van der Waals surface area contributed by atoms with Gasteiger partial charge in [-0.2, -0.15) is 0 Å². The number of rotatable bonds is 6. The largest absolute Gasteiger partial charge is 0.506 e. The van der Waals surface area contributed by atoms with Gasteiger partial charge < -0.3 is 15.7 Å². The first-order valence-corrected chi connectivity index (χ1v) is 7.30. The third-order valence-electron chi connectivity index (χ3n) is 3.48. The molecule has 20 heavy (non-hydrogen) atoms. The summed E-state index contributed by atoms with van der Waals surface area (Å²) in [5.74, 6) is 0.328. The zero-order valence-electron chi connectivity index (χ0n) is 12.9. The predicted octanol–water partition coefficient (Wildman–Crippen LogP) is 3.26. The molecule has 0 aliphatic carbocycles. The second-order valence-electron chi connectivity index (χ2n) is 5.60. The van der Waals surface area contributed by atoms with Crippen LogP contribution in [0, 0.1) is 5.92 Å². The van der Waals surface area contributed by atoms with Gasteiger partial charge in [-0.1, -0.05) is 27.7 Å². The van der Waals surface area contributed by atoms with Crippen molar-refractivity contribution in [2.45, 2.75) is 46.6 Å². The Bertz CT molecular complexity index is 454. The average Bonchev–Trinajstić information content (AvgIpc) is 2.41. The molecule has 0 unspecified atom stereocenters. The summed E-state index contributed by atoms with van der Waals surface area (Å²) in [6.07, 6.45) is 1.85. The molecule has 4 nitrogen and oxygen atoms in total. The SMILES string of the molecule is CCC(CC)N(CC(C)C)C(=O)c1ccc(N)c(O)c1. The quantitative estimate of drug-likeness (QED) is 0.620. The van der Waals surface area contributed by atoms with Gasteiger partial charge in [0.15, 0.2) is 0 Å². The van der Waals surface area contributed by atoms with Crippen LogP contribution in [-0.4, -0.2) is 28.5 Å². The molecule has 1 aromatic rings. The Hall–Kier alpha value is -1.71. The van der Waals surface area contributed by atoms with E-state index in [1.807, 2.05) is 4.90 Å². The van der Waals surface area contributed by atoms with Crippen LogP contribution in [0.3, 0.4) is 0 Å². The third kappa shape index (κ3) is 3.89. The molecule has 0 aromatic heterocycles. The van der Waals surface area contributed by atoms with Crippen molar-refractivity contribution in [1.29, 1.82) is 0 Å². The number of anilines is 1. The van der Waals surface area contributed by atoms with Gasteiger partial charge in [0, 0.05) is 18.2 Å².